The van der Waals surface area contributed by atoms with Crippen molar-refractivity contribution in [2.45, 2.75) is 45.8 Å². The second-order valence-corrected chi connectivity index (χ2v) is 10.9. The van der Waals surface area contributed by atoms with Crippen LogP contribution >= 0.6 is 0 Å². The van der Waals surface area contributed by atoms with Gasteiger partial charge in [0, 0.05) is 19.2 Å². The molecule has 11 heteroatoms. The molecule has 2 aromatic heterocycles. The molecule has 0 saturated heterocycles. The highest BCUT2D eigenvalue weighted by Crippen LogP contribution is 2.34. The maximum Gasteiger partial charge on any atom is 0.309 e. The molecule has 1 aromatic carbocycles. The normalized spacial score (nSPS) is 12.1. The summed E-state index contributed by atoms with van der Waals surface area (Å²) in [7, 11) is -2.30. The first-order valence-electron chi connectivity index (χ1n) is 11.5. The number of nitrogens with one attached hydrogen (secondary N) is 2. The van der Waals surface area contributed by atoms with Crippen molar-refractivity contribution in [1.29, 1.82) is 0 Å². The number of fused-ring (bicyclic) bond motifs is 1. The Hall–Kier alpha value is -3.31. The second kappa shape index (κ2) is 10.8. The minimum Gasteiger partial charge on any atom is -0.481 e. The minimum atomic E-state index is -3.78. The van der Waals surface area contributed by atoms with E-state index in [1.165, 1.54) is 31.3 Å². The first-order chi connectivity index (χ1) is 16.9. The Morgan fingerprint density at radius 1 is 1.19 bits per heavy atom. The Balaban J connectivity index is 1.92. The first kappa shape index (κ1) is 27.3. The predicted molar refractivity (Wildman–Crippen MR) is 133 cm³/mol. The molecule has 9 nitrogen and oxygen atoms in total. The topological polar surface area (TPSA) is 139 Å². The Kier molecular flexibility index (Phi) is 8.15. The van der Waals surface area contributed by atoms with Crippen LogP contribution in [-0.2, 0) is 27.0 Å². The number of rotatable bonds is 11. The molecule has 36 heavy (non-hydrogen) atoms. The predicted octanol–water partition coefficient (Wildman–Crippen LogP) is 3.87. The van der Waals surface area contributed by atoms with E-state index in [1.807, 2.05) is 6.92 Å². The van der Waals surface area contributed by atoms with E-state index in [0.29, 0.717) is 35.8 Å². The zero-order valence-corrected chi connectivity index (χ0v) is 21.5. The minimum absolute atomic E-state index is 0.0959. The number of sulfonamides is 1. The third kappa shape index (κ3) is 6.08. The number of hydrogen-bond acceptors (Lipinski definition) is 6. The molecule has 0 saturated carbocycles. The number of carbonyl (C=O) groups is 2. The molecule has 0 radical (unpaired) electrons. The van der Waals surface area contributed by atoms with Crippen LogP contribution in [-0.4, -0.2) is 44.0 Å². The molecule has 0 bridgehead atoms. The largest absolute Gasteiger partial charge is 0.481 e. The zero-order chi connectivity index (χ0) is 26.7. The number of carboxylic acids is 1. The van der Waals surface area contributed by atoms with Crippen LogP contribution in [0.15, 0.2) is 34.7 Å². The highest BCUT2D eigenvalue weighted by atomic mass is 32.2. The van der Waals surface area contributed by atoms with Gasteiger partial charge < -0.3 is 14.8 Å². The molecular formula is C25H30FN3O6S. The summed E-state index contributed by atoms with van der Waals surface area (Å²) in [4.78, 5) is 28.4. The average molecular weight is 520 g/mol. The molecule has 3 aromatic rings. The number of benzene rings is 1. The van der Waals surface area contributed by atoms with E-state index in [2.05, 4.69) is 15.0 Å². The van der Waals surface area contributed by atoms with E-state index in [9.17, 15) is 27.5 Å². The maximum absolute atomic E-state index is 13.4. The smallest absolute Gasteiger partial charge is 0.309 e. The van der Waals surface area contributed by atoms with E-state index in [0.717, 1.165) is 0 Å². The first-order valence-corrected chi connectivity index (χ1v) is 13.2. The molecule has 0 atom stereocenters. The molecule has 2 heterocycles. The molecule has 3 N–H and O–H groups in total. The van der Waals surface area contributed by atoms with Crippen molar-refractivity contribution < 1.29 is 31.9 Å². The summed E-state index contributed by atoms with van der Waals surface area (Å²) in [6, 6.07) is 7.18. The van der Waals surface area contributed by atoms with E-state index in [-0.39, 0.29) is 29.3 Å². The van der Waals surface area contributed by atoms with Gasteiger partial charge in [0.2, 0.25) is 15.7 Å². The lowest BCUT2D eigenvalue weighted by atomic mass is 9.88. The van der Waals surface area contributed by atoms with Crippen LogP contribution in [0.1, 0.15) is 55.2 Å². The highest BCUT2D eigenvalue weighted by molar-refractivity contribution is 7.88. The highest BCUT2D eigenvalue weighted by Gasteiger charge is 2.27. The van der Waals surface area contributed by atoms with Gasteiger partial charge in [-0.15, -0.1) is 0 Å². The van der Waals surface area contributed by atoms with Crippen molar-refractivity contribution >= 4 is 33.0 Å². The Morgan fingerprint density at radius 3 is 2.44 bits per heavy atom. The lowest BCUT2D eigenvalue weighted by molar-refractivity contribution is -0.147. The fraction of sp³-hybridized carbons (Fsp3) is 0.400. The monoisotopic (exact) mass is 519 g/mol. The number of nitrogens with zero attached hydrogens (tertiary/aromatic N) is 1. The van der Waals surface area contributed by atoms with Gasteiger partial charge in [-0.05, 0) is 69.0 Å². The van der Waals surface area contributed by atoms with Crippen LogP contribution in [0.25, 0.3) is 22.4 Å². The van der Waals surface area contributed by atoms with Crippen LogP contribution in [0.5, 0.6) is 0 Å². The number of pyridine rings is 1. The number of aromatic nitrogens is 1. The number of aliphatic carboxylic acids is 1. The molecule has 194 valence electrons. The standard InChI is InChI=1S/C25H30FN3O6S/c1-5-15-13-18-20(22(30)27-4)21(16-7-9-17(26)10-8-16)35-23(18)29-19(15)14-36(33,34)28-12-6-11-25(2,3)24(31)32/h7-10,13,28H,5-6,11-12,14H2,1-4H3,(H,27,30)(H,31,32). The maximum atomic E-state index is 13.4. The van der Waals surface area contributed by atoms with Gasteiger partial charge in [-0.3, -0.25) is 9.59 Å². The van der Waals surface area contributed by atoms with Crippen LogP contribution in [0, 0.1) is 11.2 Å². The molecule has 0 unspecified atom stereocenters. The van der Waals surface area contributed by atoms with Crippen LogP contribution in [0.2, 0.25) is 0 Å². The fourth-order valence-electron chi connectivity index (χ4n) is 3.78. The van der Waals surface area contributed by atoms with E-state index >= 15 is 0 Å². The molecule has 0 fully saturated rings. The van der Waals surface area contributed by atoms with Crippen LogP contribution < -0.4 is 10.0 Å². The summed E-state index contributed by atoms with van der Waals surface area (Å²) in [6.07, 6.45) is 1.14. The SMILES string of the molecule is CCc1cc2c(C(=O)NC)c(-c3ccc(F)cc3)oc2nc1CS(=O)(=O)NCCCC(C)(C)C(=O)O. The lowest BCUT2D eigenvalue weighted by Gasteiger charge is -2.18. The van der Waals surface area contributed by atoms with Gasteiger partial charge in [-0.1, -0.05) is 6.92 Å². The van der Waals surface area contributed by atoms with E-state index < -0.39 is 38.9 Å². The number of carboxylic acid groups (broad SMARTS) is 1. The van der Waals surface area contributed by atoms with Crippen LogP contribution in [0.3, 0.4) is 0 Å². The molecule has 1 amide bonds. The molecule has 0 spiro atoms. The van der Waals surface area contributed by atoms with Crippen molar-refractivity contribution in [3.8, 4) is 11.3 Å². The third-order valence-corrected chi connectivity index (χ3v) is 7.30. The average Bonchev–Trinajstić information content (AvgIpc) is 3.19. The van der Waals surface area contributed by atoms with Gasteiger partial charge in [0.1, 0.15) is 17.3 Å². The van der Waals surface area contributed by atoms with Gasteiger partial charge in [0.15, 0.2) is 0 Å². The van der Waals surface area contributed by atoms with Crippen molar-refractivity contribution in [3.05, 3.63) is 53.0 Å². The van der Waals surface area contributed by atoms with Crippen molar-refractivity contribution in [2.75, 3.05) is 13.6 Å². The quantitative estimate of drug-likeness (QED) is 0.327. The molecule has 3 rings (SSSR count). The van der Waals surface area contributed by atoms with Gasteiger partial charge in [-0.25, -0.2) is 22.5 Å². The van der Waals surface area contributed by atoms with Crippen molar-refractivity contribution in [2.24, 2.45) is 5.41 Å². The summed E-state index contributed by atoms with van der Waals surface area (Å²) in [5.41, 5.74) is 0.777. The van der Waals surface area contributed by atoms with Crippen LogP contribution in [0.4, 0.5) is 4.39 Å². The Bertz CT molecular complexity index is 1380. The Labute approximate surface area is 209 Å². The fourth-order valence-corrected chi connectivity index (χ4v) is 4.95. The number of halogens is 1. The number of hydrogen-bond donors (Lipinski definition) is 3. The Morgan fingerprint density at radius 2 is 1.86 bits per heavy atom. The molecule has 0 aliphatic heterocycles. The molecular weight excluding hydrogens is 489 g/mol. The van der Waals surface area contributed by atoms with Crippen molar-refractivity contribution in [3.63, 3.8) is 0 Å². The lowest BCUT2D eigenvalue weighted by Crippen LogP contribution is -2.29. The molecule has 0 aliphatic rings. The molecule has 0 aliphatic carbocycles. The summed E-state index contributed by atoms with van der Waals surface area (Å²) >= 11 is 0. The van der Waals surface area contributed by atoms with Gasteiger partial charge in [0.05, 0.1) is 22.1 Å². The number of furan rings is 1. The number of carbonyl (C=O) groups excluding carboxylic acids is 1. The van der Waals surface area contributed by atoms with Gasteiger partial charge in [0.25, 0.3) is 5.91 Å². The van der Waals surface area contributed by atoms with Gasteiger partial charge in [-0.2, -0.15) is 0 Å². The summed E-state index contributed by atoms with van der Waals surface area (Å²) in [6.45, 7) is 5.13. The third-order valence-electron chi connectivity index (χ3n) is 6.00. The van der Waals surface area contributed by atoms with Crippen molar-refractivity contribution in [1.82, 2.24) is 15.0 Å². The zero-order valence-electron chi connectivity index (χ0n) is 20.6. The number of amides is 1. The summed E-state index contributed by atoms with van der Waals surface area (Å²) < 4.78 is 47.3. The summed E-state index contributed by atoms with van der Waals surface area (Å²) in [5.74, 6) is -1.99. The van der Waals surface area contributed by atoms with E-state index in [4.69, 9.17) is 4.42 Å². The second-order valence-electron chi connectivity index (χ2n) is 9.14. The van der Waals surface area contributed by atoms with E-state index in [1.54, 1.807) is 19.9 Å². The number of aryl methyl sites for hydroxylation is 1. The summed E-state index contributed by atoms with van der Waals surface area (Å²) in [5, 5.41) is 12.2. The van der Waals surface area contributed by atoms with Gasteiger partial charge >= 0.3 is 5.97 Å².